The Kier molecular flexibility index (Phi) is 6.81. The molecule has 1 aliphatic rings. The molecule has 28 heavy (non-hydrogen) atoms. The lowest BCUT2D eigenvalue weighted by Crippen LogP contribution is -2.30. The van der Waals surface area contributed by atoms with Gasteiger partial charge in [-0.25, -0.2) is 0 Å². The van der Waals surface area contributed by atoms with Gasteiger partial charge in [-0.15, -0.1) is 0 Å². The quantitative estimate of drug-likeness (QED) is 0.538. The number of pyridine rings is 1. The summed E-state index contributed by atoms with van der Waals surface area (Å²) in [5.74, 6) is -0.783. The summed E-state index contributed by atoms with van der Waals surface area (Å²) in [6, 6.07) is 15.3. The number of halogens is 1. The molecule has 0 bridgehead atoms. The summed E-state index contributed by atoms with van der Waals surface area (Å²) < 4.78 is 0. The minimum absolute atomic E-state index is 0.153. The number of carboxylic acids is 1. The fourth-order valence-corrected chi connectivity index (χ4v) is 3.32. The monoisotopic (exact) mass is 398 g/mol. The van der Waals surface area contributed by atoms with Crippen molar-refractivity contribution in [2.24, 2.45) is 5.73 Å². The number of carboxylic acid groups (broad SMARTS) is 1. The van der Waals surface area contributed by atoms with Gasteiger partial charge in [0.2, 0.25) is 0 Å². The summed E-state index contributed by atoms with van der Waals surface area (Å²) in [5.41, 5.74) is 7.38. The topological polar surface area (TPSA) is 100 Å². The number of hydrogen-bond donors (Lipinski definition) is 4. The van der Waals surface area contributed by atoms with Crippen molar-refractivity contribution in [1.82, 2.24) is 10.3 Å². The van der Waals surface area contributed by atoms with Crippen molar-refractivity contribution in [1.29, 1.82) is 0 Å². The zero-order valence-corrected chi connectivity index (χ0v) is 16.1. The van der Waals surface area contributed by atoms with Gasteiger partial charge in [0.15, 0.2) is 0 Å². The molecule has 1 fully saturated rings. The van der Waals surface area contributed by atoms with Crippen LogP contribution in [0.4, 0.5) is 5.69 Å². The predicted molar refractivity (Wildman–Crippen MR) is 113 cm³/mol. The third-order valence-electron chi connectivity index (χ3n) is 4.62. The van der Waals surface area contributed by atoms with Crippen LogP contribution in [0.25, 0.3) is 10.8 Å². The number of benzene rings is 2. The Bertz CT molecular complexity index is 950. The molecule has 0 radical (unpaired) electrons. The molecule has 2 heterocycles. The average Bonchev–Trinajstić information content (AvgIpc) is 3.18. The van der Waals surface area contributed by atoms with Crippen molar-refractivity contribution >= 4 is 34.0 Å². The van der Waals surface area contributed by atoms with Gasteiger partial charge in [0, 0.05) is 47.6 Å². The molecule has 7 heteroatoms. The molecule has 1 aliphatic heterocycles. The fourth-order valence-electron chi connectivity index (χ4n) is 3.11. The Morgan fingerprint density at radius 1 is 1.25 bits per heavy atom. The molecule has 0 unspecified atom stereocenters. The molecule has 5 N–H and O–H groups in total. The van der Waals surface area contributed by atoms with Crippen molar-refractivity contribution in [3.05, 3.63) is 71.5 Å². The van der Waals surface area contributed by atoms with Crippen LogP contribution in [0, 0.1) is 0 Å². The maximum absolute atomic E-state index is 10.9. The highest BCUT2D eigenvalue weighted by atomic mass is 35.5. The predicted octanol–water partition coefficient (Wildman–Crippen LogP) is 3.26. The minimum atomic E-state index is -0.783. The summed E-state index contributed by atoms with van der Waals surface area (Å²) in [5, 5.41) is 18.3. The zero-order valence-electron chi connectivity index (χ0n) is 15.3. The normalized spacial score (nSPS) is 18.4. The van der Waals surface area contributed by atoms with Gasteiger partial charge in [0.1, 0.15) is 6.04 Å². The number of hydrogen-bond acceptors (Lipinski definition) is 5. The second-order valence-electron chi connectivity index (χ2n) is 6.61. The van der Waals surface area contributed by atoms with Crippen LogP contribution >= 0.6 is 11.6 Å². The van der Waals surface area contributed by atoms with Gasteiger partial charge in [-0.1, -0.05) is 35.9 Å². The van der Waals surface area contributed by atoms with E-state index in [1.807, 2.05) is 48.7 Å². The van der Waals surface area contributed by atoms with E-state index in [0.717, 1.165) is 27.0 Å². The Balaban J connectivity index is 0.000000211. The largest absolute Gasteiger partial charge is 0.480 e. The SMILES string of the molecule is NCc1ccccc1Cl.O=C(O)[C@@H]1C[C@H](Nc2ccc3cnccc3c2)CN1. The highest BCUT2D eigenvalue weighted by Crippen LogP contribution is 2.20. The van der Waals surface area contributed by atoms with E-state index < -0.39 is 12.0 Å². The summed E-state index contributed by atoms with van der Waals surface area (Å²) in [4.78, 5) is 15.0. The highest BCUT2D eigenvalue weighted by molar-refractivity contribution is 6.31. The molecule has 0 saturated carbocycles. The summed E-state index contributed by atoms with van der Waals surface area (Å²) in [6.45, 7) is 1.19. The van der Waals surface area contributed by atoms with Gasteiger partial charge in [-0.05, 0) is 41.6 Å². The maximum Gasteiger partial charge on any atom is 0.320 e. The molecule has 6 nitrogen and oxygen atoms in total. The van der Waals surface area contributed by atoms with E-state index in [2.05, 4.69) is 21.7 Å². The van der Waals surface area contributed by atoms with Crippen molar-refractivity contribution < 1.29 is 9.90 Å². The van der Waals surface area contributed by atoms with E-state index in [1.165, 1.54) is 0 Å². The molecule has 1 saturated heterocycles. The molecule has 4 rings (SSSR count). The van der Waals surface area contributed by atoms with Crippen LogP contribution in [0.1, 0.15) is 12.0 Å². The van der Waals surface area contributed by atoms with E-state index in [9.17, 15) is 4.79 Å². The number of nitrogens with one attached hydrogen (secondary N) is 2. The Hall–Kier alpha value is -2.67. The molecule has 0 amide bonds. The fraction of sp³-hybridized carbons (Fsp3) is 0.238. The Morgan fingerprint density at radius 3 is 2.75 bits per heavy atom. The minimum Gasteiger partial charge on any atom is -0.480 e. The summed E-state index contributed by atoms with van der Waals surface area (Å²) in [7, 11) is 0. The second kappa shape index (κ2) is 9.50. The van der Waals surface area contributed by atoms with Gasteiger partial charge < -0.3 is 21.5 Å². The van der Waals surface area contributed by atoms with E-state index in [4.69, 9.17) is 22.4 Å². The maximum atomic E-state index is 10.9. The van der Waals surface area contributed by atoms with Crippen LogP contribution in [0.5, 0.6) is 0 Å². The number of carbonyl (C=O) groups is 1. The molecule has 0 aliphatic carbocycles. The molecule has 2 atom stereocenters. The summed E-state index contributed by atoms with van der Waals surface area (Å²) in [6.07, 6.45) is 4.20. The number of rotatable bonds is 4. The lowest BCUT2D eigenvalue weighted by atomic mass is 10.1. The first-order valence-electron chi connectivity index (χ1n) is 9.07. The van der Waals surface area contributed by atoms with Crippen molar-refractivity contribution in [2.45, 2.75) is 25.0 Å². The third-order valence-corrected chi connectivity index (χ3v) is 4.99. The number of nitrogens with zero attached hydrogens (tertiary/aromatic N) is 1. The van der Waals surface area contributed by atoms with Gasteiger partial charge >= 0.3 is 5.97 Å². The van der Waals surface area contributed by atoms with Crippen LogP contribution in [-0.2, 0) is 11.3 Å². The molecule has 146 valence electrons. The lowest BCUT2D eigenvalue weighted by molar-refractivity contribution is -0.139. The van der Waals surface area contributed by atoms with Crippen molar-refractivity contribution in [2.75, 3.05) is 11.9 Å². The number of anilines is 1. The van der Waals surface area contributed by atoms with Crippen LogP contribution < -0.4 is 16.4 Å². The lowest BCUT2D eigenvalue weighted by Gasteiger charge is -2.13. The van der Waals surface area contributed by atoms with Crippen molar-refractivity contribution in [3.63, 3.8) is 0 Å². The molecule has 0 spiro atoms. The molecular formula is C21H23ClN4O2. The first-order valence-corrected chi connectivity index (χ1v) is 9.44. The van der Waals surface area contributed by atoms with Crippen LogP contribution in [0.15, 0.2) is 60.9 Å². The van der Waals surface area contributed by atoms with Gasteiger partial charge in [-0.2, -0.15) is 0 Å². The highest BCUT2D eigenvalue weighted by Gasteiger charge is 2.28. The zero-order chi connectivity index (χ0) is 19.9. The van der Waals surface area contributed by atoms with E-state index >= 15 is 0 Å². The molecule has 2 aromatic carbocycles. The number of nitrogens with two attached hydrogens (primary N) is 1. The third kappa shape index (κ3) is 5.19. The standard InChI is InChI=1S/C14H15N3O2.C7H8ClN/c18-14(19)13-6-12(8-16-13)17-11-2-1-10-7-15-4-3-9(10)5-11;8-7-4-2-1-3-6(7)5-9/h1-5,7,12-13,16-17H,6,8H2,(H,18,19);1-4H,5,9H2/t12-,13-;/m0./s1. The van der Waals surface area contributed by atoms with E-state index in [-0.39, 0.29) is 6.04 Å². The number of fused-ring (bicyclic) bond motifs is 1. The summed E-state index contributed by atoms with van der Waals surface area (Å²) >= 11 is 5.74. The van der Waals surface area contributed by atoms with Crippen LogP contribution in [-0.4, -0.2) is 34.7 Å². The molecule has 3 aromatic rings. The van der Waals surface area contributed by atoms with Gasteiger partial charge in [0.25, 0.3) is 0 Å². The van der Waals surface area contributed by atoms with Crippen LogP contribution in [0.3, 0.4) is 0 Å². The molecule has 1 aromatic heterocycles. The first-order chi connectivity index (χ1) is 13.6. The average molecular weight is 399 g/mol. The Labute approximate surface area is 168 Å². The van der Waals surface area contributed by atoms with E-state index in [0.29, 0.717) is 19.5 Å². The van der Waals surface area contributed by atoms with Crippen molar-refractivity contribution in [3.8, 4) is 0 Å². The number of aromatic nitrogens is 1. The Morgan fingerprint density at radius 2 is 2.07 bits per heavy atom. The van der Waals surface area contributed by atoms with Gasteiger partial charge in [0.05, 0.1) is 0 Å². The molecular weight excluding hydrogens is 376 g/mol. The number of aliphatic carboxylic acids is 1. The van der Waals surface area contributed by atoms with E-state index in [1.54, 1.807) is 6.20 Å². The van der Waals surface area contributed by atoms with Gasteiger partial charge in [-0.3, -0.25) is 9.78 Å². The van der Waals surface area contributed by atoms with Crippen LogP contribution in [0.2, 0.25) is 5.02 Å². The first kappa shape index (κ1) is 20.1. The smallest absolute Gasteiger partial charge is 0.320 e. The second-order valence-corrected chi connectivity index (χ2v) is 7.02.